The minimum atomic E-state index is -0.497. The van der Waals surface area contributed by atoms with Gasteiger partial charge in [0.1, 0.15) is 11.3 Å². The van der Waals surface area contributed by atoms with E-state index in [1.165, 1.54) is 19.2 Å². The van der Waals surface area contributed by atoms with Crippen molar-refractivity contribution >= 4 is 38.3 Å². The molecule has 0 fully saturated rings. The zero-order valence-corrected chi connectivity index (χ0v) is 16.4. The first-order valence-corrected chi connectivity index (χ1v) is 9.44. The number of fused-ring (bicyclic) bond motifs is 1. The van der Waals surface area contributed by atoms with Crippen LogP contribution in [0.25, 0.3) is 10.2 Å². The summed E-state index contributed by atoms with van der Waals surface area (Å²) in [6.07, 6.45) is 0.904. The summed E-state index contributed by atoms with van der Waals surface area (Å²) in [5, 5.41) is 14.1. The highest BCUT2D eigenvalue weighted by atomic mass is 32.1. The van der Waals surface area contributed by atoms with E-state index >= 15 is 0 Å². The number of nitro groups is 1. The van der Waals surface area contributed by atoms with E-state index in [2.05, 4.69) is 10.3 Å². The molecule has 9 heteroatoms. The molecule has 0 aliphatic rings. The van der Waals surface area contributed by atoms with Gasteiger partial charge in [-0.1, -0.05) is 24.3 Å². The molecule has 0 radical (unpaired) electrons. The molecule has 0 saturated carbocycles. The van der Waals surface area contributed by atoms with Crippen LogP contribution in [0.3, 0.4) is 0 Å². The molecule has 1 amide bonds. The van der Waals surface area contributed by atoms with Crippen LogP contribution >= 0.6 is 11.3 Å². The molecular weight excluding hydrogens is 382 g/mol. The molecule has 1 unspecified atom stereocenters. The van der Waals surface area contributed by atoms with E-state index in [4.69, 9.17) is 9.47 Å². The Bertz CT molecular complexity index is 1030. The summed E-state index contributed by atoms with van der Waals surface area (Å²) < 4.78 is 11.5. The number of hydrogen-bond acceptors (Lipinski definition) is 7. The first-order chi connectivity index (χ1) is 13.4. The molecule has 3 rings (SSSR count). The largest absolute Gasteiger partial charge is 0.494 e. The Morgan fingerprint density at radius 3 is 2.82 bits per heavy atom. The summed E-state index contributed by atoms with van der Waals surface area (Å²) in [6, 6.07) is 9.61. The lowest BCUT2D eigenvalue weighted by Gasteiger charge is -2.13. The number of rotatable bonds is 7. The Morgan fingerprint density at radius 2 is 2.14 bits per heavy atom. The number of non-ortho nitro benzene ring substituents is 1. The average molecular weight is 401 g/mol. The van der Waals surface area contributed by atoms with Crippen molar-refractivity contribution in [2.75, 3.05) is 12.4 Å². The van der Waals surface area contributed by atoms with Gasteiger partial charge in [0.05, 0.1) is 28.9 Å². The van der Waals surface area contributed by atoms with Crippen molar-refractivity contribution in [2.45, 2.75) is 26.4 Å². The fourth-order valence-corrected chi connectivity index (χ4v) is 3.41. The summed E-state index contributed by atoms with van der Waals surface area (Å²) in [5.41, 5.74) is 0.793. The fourth-order valence-electron chi connectivity index (χ4n) is 2.50. The molecule has 2 aromatic carbocycles. The van der Waals surface area contributed by atoms with Crippen LogP contribution < -0.4 is 14.8 Å². The maximum Gasteiger partial charge on any atom is 0.274 e. The minimum Gasteiger partial charge on any atom is -0.494 e. The first-order valence-electron chi connectivity index (χ1n) is 8.62. The van der Waals surface area contributed by atoms with Gasteiger partial charge in [0, 0.05) is 11.6 Å². The molecule has 0 spiro atoms. The molecule has 0 bridgehead atoms. The van der Waals surface area contributed by atoms with Crippen LogP contribution in [0.4, 0.5) is 10.8 Å². The first kappa shape index (κ1) is 19.6. The van der Waals surface area contributed by atoms with Gasteiger partial charge >= 0.3 is 0 Å². The summed E-state index contributed by atoms with van der Waals surface area (Å²) in [7, 11) is 1.42. The number of nitro benzene ring substituents is 1. The Morgan fingerprint density at radius 1 is 1.36 bits per heavy atom. The Balaban J connectivity index is 1.85. The van der Waals surface area contributed by atoms with Crippen molar-refractivity contribution in [1.29, 1.82) is 0 Å². The number of methoxy groups -OCH3 is 1. The van der Waals surface area contributed by atoms with E-state index in [1.807, 2.05) is 13.8 Å². The van der Waals surface area contributed by atoms with Crippen molar-refractivity contribution in [3.05, 3.63) is 52.1 Å². The molecular formula is C19H19N3O5S. The standard InChI is InChI=1S/C19H19N3O5S/c1-4-11(2)27-14-7-5-6-12(8-14)18(23)21-19-20-17-15(26-3)9-13(22(24)25)10-16(17)28-19/h5-11H,4H2,1-3H3,(H,20,21,23). The number of aromatic nitrogens is 1. The molecule has 1 heterocycles. The summed E-state index contributed by atoms with van der Waals surface area (Å²) in [6.45, 7) is 3.98. The lowest BCUT2D eigenvalue weighted by Crippen LogP contribution is -2.13. The zero-order chi connectivity index (χ0) is 20.3. The van der Waals surface area contributed by atoms with E-state index in [0.717, 1.165) is 17.8 Å². The molecule has 28 heavy (non-hydrogen) atoms. The number of nitrogens with one attached hydrogen (secondary N) is 1. The van der Waals surface area contributed by atoms with E-state index in [9.17, 15) is 14.9 Å². The molecule has 3 aromatic rings. The molecule has 0 saturated heterocycles. The third-order valence-electron chi connectivity index (χ3n) is 4.10. The number of benzene rings is 2. The van der Waals surface area contributed by atoms with Crippen molar-refractivity contribution in [2.24, 2.45) is 0 Å². The number of ether oxygens (including phenoxy) is 2. The highest BCUT2D eigenvalue weighted by Crippen LogP contribution is 2.36. The fraction of sp³-hybridized carbons (Fsp3) is 0.263. The van der Waals surface area contributed by atoms with Crippen LogP contribution in [-0.4, -0.2) is 29.0 Å². The Hall–Kier alpha value is -3.20. The second-order valence-electron chi connectivity index (χ2n) is 6.09. The second-order valence-corrected chi connectivity index (χ2v) is 7.12. The molecule has 0 aliphatic heterocycles. The summed E-state index contributed by atoms with van der Waals surface area (Å²) in [4.78, 5) is 27.5. The maximum absolute atomic E-state index is 12.6. The van der Waals surface area contributed by atoms with E-state index < -0.39 is 4.92 Å². The number of hydrogen-bond donors (Lipinski definition) is 1. The highest BCUT2D eigenvalue weighted by molar-refractivity contribution is 7.22. The summed E-state index contributed by atoms with van der Waals surface area (Å²) >= 11 is 1.14. The van der Waals surface area contributed by atoms with Crippen molar-refractivity contribution in [3.8, 4) is 11.5 Å². The maximum atomic E-state index is 12.6. The van der Waals surface area contributed by atoms with Crippen LogP contribution in [0.2, 0.25) is 0 Å². The smallest absolute Gasteiger partial charge is 0.274 e. The van der Waals surface area contributed by atoms with Crippen LogP contribution in [0.1, 0.15) is 30.6 Å². The highest BCUT2D eigenvalue weighted by Gasteiger charge is 2.18. The minimum absolute atomic E-state index is 0.0471. The zero-order valence-electron chi connectivity index (χ0n) is 15.6. The molecule has 8 nitrogen and oxygen atoms in total. The van der Waals surface area contributed by atoms with Gasteiger partial charge in [0.25, 0.3) is 11.6 Å². The monoisotopic (exact) mass is 401 g/mol. The number of nitrogens with zero attached hydrogens (tertiary/aromatic N) is 2. The van der Waals surface area contributed by atoms with Crippen molar-refractivity contribution in [3.63, 3.8) is 0 Å². The van der Waals surface area contributed by atoms with Gasteiger partial charge in [-0.15, -0.1) is 0 Å². The number of anilines is 1. The third kappa shape index (κ3) is 4.20. The third-order valence-corrected chi connectivity index (χ3v) is 5.02. The number of amides is 1. The van der Waals surface area contributed by atoms with Gasteiger partial charge in [0.15, 0.2) is 10.9 Å². The quantitative estimate of drug-likeness (QED) is 0.457. The van der Waals surface area contributed by atoms with Gasteiger partial charge < -0.3 is 9.47 Å². The van der Waals surface area contributed by atoms with Crippen molar-refractivity contribution in [1.82, 2.24) is 4.98 Å². The molecule has 1 N–H and O–H groups in total. The van der Waals surface area contributed by atoms with E-state index in [0.29, 0.717) is 26.7 Å². The van der Waals surface area contributed by atoms with Gasteiger partial charge in [-0.25, -0.2) is 4.98 Å². The molecule has 1 atom stereocenters. The van der Waals surface area contributed by atoms with Gasteiger partial charge in [-0.2, -0.15) is 0 Å². The number of carbonyl (C=O) groups is 1. The molecule has 146 valence electrons. The lowest BCUT2D eigenvalue weighted by atomic mass is 10.2. The summed E-state index contributed by atoms with van der Waals surface area (Å²) in [5.74, 6) is 0.551. The van der Waals surface area contributed by atoms with Crippen LogP contribution in [-0.2, 0) is 0 Å². The predicted octanol–water partition coefficient (Wildman–Crippen LogP) is 4.64. The van der Waals surface area contributed by atoms with Crippen molar-refractivity contribution < 1.29 is 19.2 Å². The van der Waals surface area contributed by atoms with Crippen LogP contribution in [0, 0.1) is 10.1 Å². The van der Waals surface area contributed by atoms with Gasteiger partial charge in [-0.05, 0) is 31.5 Å². The SMILES string of the molecule is CCC(C)Oc1cccc(C(=O)Nc2nc3c(OC)cc([N+](=O)[O-])cc3s2)c1. The van der Waals surface area contributed by atoms with Gasteiger partial charge in [0.2, 0.25) is 0 Å². The van der Waals surface area contributed by atoms with E-state index in [1.54, 1.807) is 24.3 Å². The Labute approximate surface area is 165 Å². The average Bonchev–Trinajstić information content (AvgIpc) is 3.09. The normalized spacial score (nSPS) is 11.8. The molecule has 0 aliphatic carbocycles. The number of thiazole rings is 1. The van der Waals surface area contributed by atoms with E-state index in [-0.39, 0.29) is 23.4 Å². The lowest BCUT2D eigenvalue weighted by molar-refractivity contribution is -0.384. The van der Waals surface area contributed by atoms with Gasteiger partial charge in [-0.3, -0.25) is 20.2 Å². The van der Waals surface area contributed by atoms with Crippen LogP contribution in [0.5, 0.6) is 11.5 Å². The topological polar surface area (TPSA) is 104 Å². The second kappa shape index (κ2) is 8.22. The van der Waals surface area contributed by atoms with Crippen LogP contribution in [0.15, 0.2) is 36.4 Å². The predicted molar refractivity (Wildman–Crippen MR) is 108 cm³/mol. The number of carbonyl (C=O) groups excluding carboxylic acids is 1. The Kier molecular flexibility index (Phi) is 5.74. The molecule has 1 aromatic heterocycles.